The van der Waals surface area contributed by atoms with Crippen molar-refractivity contribution in [1.29, 1.82) is 0 Å². The summed E-state index contributed by atoms with van der Waals surface area (Å²) in [5, 5.41) is 17.7. The van der Waals surface area contributed by atoms with Crippen LogP contribution in [0.4, 0.5) is 11.6 Å². The van der Waals surface area contributed by atoms with Gasteiger partial charge in [-0.05, 0) is 17.1 Å². The number of nitro groups is 1. The summed E-state index contributed by atoms with van der Waals surface area (Å²) in [6.45, 7) is 0.196. The van der Waals surface area contributed by atoms with E-state index in [0.717, 1.165) is 0 Å². The molecule has 2 aromatic rings. The highest BCUT2D eigenvalue weighted by Crippen LogP contribution is 2.23. The van der Waals surface area contributed by atoms with Crippen LogP contribution >= 0.6 is 23.2 Å². The molecule has 100 valence electrons. The van der Waals surface area contributed by atoms with E-state index in [1.54, 1.807) is 19.2 Å². The highest BCUT2D eigenvalue weighted by Gasteiger charge is 2.19. The van der Waals surface area contributed by atoms with Crippen molar-refractivity contribution in [3.63, 3.8) is 0 Å². The van der Waals surface area contributed by atoms with Crippen LogP contribution in [0.3, 0.4) is 0 Å². The Morgan fingerprint density at radius 2 is 2.16 bits per heavy atom. The predicted molar refractivity (Wildman–Crippen MR) is 71.8 cm³/mol. The first-order chi connectivity index (χ1) is 9.01. The lowest BCUT2D eigenvalue weighted by atomic mass is 10.3. The number of rotatable bonds is 4. The number of pyridine rings is 1. The molecule has 0 saturated heterocycles. The Hall–Kier alpha value is -1.86. The normalized spacial score (nSPS) is 10.5. The third-order valence-corrected chi connectivity index (χ3v) is 2.97. The summed E-state index contributed by atoms with van der Waals surface area (Å²) in [7, 11) is 1.73. The van der Waals surface area contributed by atoms with E-state index in [1.807, 2.05) is 0 Å². The Morgan fingerprint density at radius 3 is 2.74 bits per heavy atom. The zero-order valence-corrected chi connectivity index (χ0v) is 11.3. The van der Waals surface area contributed by atoms with E-state index >= 15 is 0 Å². The second-order valence-electron chi connectivity index (χ2n) is 3.63. The maximum Gasteiger partial charge on any atom is 0.408 e. The summed E-state index contributed by atoms with van der Waals surface area (Å²) in [6.07, 6.45) is 1.36. The van der Waals surface area contributed by atoms with Gasteiger partial charge in [-0.2, -0.15) is 4.68 Å². The van der Waals surface area contributed by atoms with Gasteiger partial charge in [-0.3, -0.25) is 0 Å². The van der Waals surface area contributed by atoms with E-state index in [4.69, 9.17) is 23.2 Å². The van der Waals surface area contributed by atoms with Gasteiger partial charge in [0.15, 0.2) is 5.02 Å². The fraction of sp³-hybridized carbons (Fsp3) is 0.200. The van der Waals surface area contributed by atoms with Crippen molar-refractivity contribution in [3.8, 4) is 0 Å². The number of nitrogens with zero attached hydrogens (tertiary/aromatic N) is 4. The van der Waals surface area contributed by atoms with Crippen LogP contribution in [-0.4, -0.2) is 26.7 Å². The molecular formula is C10H9Cl2N5O2. The monoisotopic (exact) mass is 301 g/mol. The molecule has 1 N–H and O–H groups in total. The van der Waals surface area contributed by atoms with Gasteiger partial charge in [0, 0.05) is 7.05 Å². The Labute approximate surface area is 118 Å². The van der Waals surface area contributed by atoms with E-state index < -0.39 is 4.92 Å². The first kappa shape index (κ1) is 13.6. The minimum atomic E-state index is -0.641. The van der Waals surface area contributed by atoms with E-state index in [-0.39, 0.29) is 17.4 Å². The number of anilines is 1. The van der Waals surface area contributed by atoms with Crippen molar-refractivity contribution in [2.24, 2.45) is 0 Å². The first-order valence-corrected chi connectivity index (χ1v) is 5.97. The summed E-state index contributed by atoms with van der Waals surface area (Å²) < 4.78 is 1.33. The molecule has 0 aromatic carbocycles. The van der Waals surface area contributed by atoms with Crippen molar-refractivity contribution in [3.05, 3.63) is 44.2 Å². The predicted octanol–water partition coefficient (Wildman–Crippen LogP) is 2.58. The fourth-order valence-electron chi connectivity index (χ4n) is 1.48. The van der Waals surface area contributed by atoms with Crippen molar-refractivity contribution in [2.75, 3.05) is 12.4 Å². The highest BCUT2D eigenvalue weighted by molar-refractivity contribution is 6.32. The fourth-order valence-corrected chi connectivity index (χ4v) is 1.86. The molecule has 2 heterocycles. The Kier molecular flexibility index (Phi) is 3.87. The highest BCUT2D eigenvalue weighted by atomic mass is 35.5. The standard InChI is InChI=1S/C10H9Cl2N5O2/c1-13-9-3-2-6(11)8(14-9)5-16-4-7(12)10(15-16)17(18)19/h2-4H,5H2,1H3,(H,13,14). The van der Waals surface area contributed by atoms with E-state index in [2.05, 4.69) is 15.4 Å². The lowest BCUT2D eigenvalue weighted by molar-refractivity contribution is -0.389. The van der Waals surface area contributed by atoms with Gasteiger partial charge in [-0.1, -0.05) is 23.2 Å². The minimum Gasteiger partial charge on any atom is -0.373 e. The first-order valence-electron chi connectivity index (χ1n) is 5.21. The van der Waals surface area contributed by atoms with Crippen LogP contribution in [0.1, 0.15) is 5.69 Å². The molecule has 0 unspecified atom stereocenters. The molecule has 0 saturated carbocycles. The second kappa shape index (κ2) is 5.41. The van der Waals surface area contributed by atoms with Gasteiger partial charge in [0.2, 0.25) is 0 Å². The Morgan fingerprint density at radius 1 is 1.42 bits per heavy atom. The van der Waals surface area contributed by atoms with Crippen LogP contribution in [0.2, 0.25) is 10.0 Å². The second-order valence-corrected chi connectivity index (χ2v) is 4.44. The molecule has 0 bridgehead atoms. The molecule has 9 heteroatoms. The van der Waals surface area contributed by atoms with Crippen molar-refractivity contribution in [2.45, 2.75) is 6.54 Å². The van der Waals surface area contributed by atoms with Gasteiger partial charge in [0.1, 0.15) is 12.4 Å². The molecule has 2 aromatic heterocycles. The molecule has 0 radical (unpaired) electrons. The van der Waals surface area contributed by atoms with E-state index in [0.29, 0.717) is 16.5 Å². The summed E-state index contributed by atoms with van der Waals surface area (Å²) >= 11 is 11.7. The molecule has 0 aliphatic rings. The zero-order valence-electron chi connectivity index (χ0n) is 9.80. The molecule has 0 spiro atoms. The maximum absolute atomic E-state index is 10.6. The molecular weight excluding hydrogens is 293 g/mol. The van der Waals surface area contributed by atoms with Gasteiger partial charge < -0.3 is 15.4 Å². The SMILES string of the molecule is CNc1ccc(Cl)c(Cn2cc(Cl)c([N+](=O)[O-])n2)n1. The lowest BCUT2D eigenvalue weighted by Crippen LogP contribution is -2.05. The average molecular weight is 302 g/mol. The van der Waals surface area contributed by atoms with Gasteiger partial charge in [0.25, 0.3) is 0 Å². The van der Waals surface area contributed by atoms with Gasteiger partial charge in [-0.25, -0.2) is 4.98 Å². The maximum atomic E-state index is 10.6. The molecule has 0 amide bonds. The van der Waals surface area contributed by atoms with Crippen LogP contribution < -0.4 is 5.32 Å². The van der Waals surface area contributed by atoms with Crippen molar-refractivity contribution in [1.82, 2.24) is 14.8 Å². The van der Waals surface area contributed by atoms with Crippen LogP contribution in [0.15, 0.2) is 18.3 Å². The van der Waals surface area contributed by atoms with Crippen LogP contribution in [0, 0.1) is 10.1 Å². The Bertz CT molecular complexity index is 628. The molecule has 2 rings (SSSR count). The van der Waals surface area contributed by atoms with Crippen LogP contribution in [0.5, 0.6) is 0 Å². The number of hydrogen-bond acceptors (Lipinski definition) is 5. The largest absolute Gasteiger partial charge is 0.408 e. The molecule has 7 nitrogen and oxygen atoms in total. The van der Waals surface area contributed by atoms with Crippen LogP contribution in [-0.2, 0) is 6.54 Å². The third-order valence-electron chi connectivity index (χ3n) is 2.36. The van der Waals surface area contributed by atoms with Crippen molar-refractivity contribution >= 4 is 34.8 Å². The topological polar surface area (TPSA) is 85.9 Å². The lowest BCUT2D eigenvalue weighted by Gasteiger charge is -2.04. The Balaban J connectivity index is 2.30. The van der Waals surface area contributed by atoms with Gasteiger partial charge in [0.05, 0.1) is 22.0 Å². The number of hydrogen-bond donors (Lipinski definition) is 1. The van der Waals surface area contributed by atoms with E-state index in [1.165, 1.54) is 10.9 Å². The quantitative estimate of drug-likeness (QED) is 0.693. The summed E-state index contributed by atoms with van der Waals surface area (Å²) in [5.41, 5.74) is 0.544. The molecule has 0 atom stereocenters. The van der Waals surface area contributed by atoms with Crippen molar-refractivity contribution < 1.29 is 4.92 Å². The van der Waals surface area contributed by atoms with E-state index in [9.17, 15) is 10.1 Å². The van der Waals surface area contributed by atoms with Gasteiger partial charge in [-0.15, -0.1) is 0 Å². The van der Waals surface area contributed by atoms with Gasteiger partial charge >= 0.3 is 5.82 Å². The smallest absolute Gasteiger partial charge is 0.373 e. The average Bonchev–Trinajstić information content (AvgIpc) is 2.73. The summed E-state index contributed by atoms with van der Waals surface area (Å²) in [6, 6.07) is 3.42. The molecule has 0 aliphatic carbocycles. The molecule has 0 fully saturated rings. The number of aromatic nitrogens is 3. The molecule has 0 aliphatic heterocycles. The minimum absolute atomic E-state index is 0.0223. The molecule has 19 heavy (non-hydrogen) atoms. The van der Waals surface area contributed by atoms with Crippen LogP contribution in [0.25, 0.3) is 0 Å². The summed E-state index contributed by atoms with van der Waals surface area (Å²) in [4.78, 5) is 14.3. The number of nitrogens with one attached hydrogen (secondary N) is 1. The third kappa shape index (κ3) is 2.94. The zero-order chi connectivity index (χ0) is 14.0. The summed E-state index contributed by atoms with van der Waals surface area (Å²) in [5.74, 6) is 0.259. The number of halogens is 2.